The second kappa shape index (κ2) is 7.73. The Morgan fingerprint density at radius 3 is 2.43 bits per heavy atom. The Morgan fingerprint density at radius 1 is 1.29 bits per heavy atom. The summed E-state index contributed by atoms with van der Waals surface area (Å²) in [6.45, 7) is 3.34. The van der Waals surface area contributed by atoms with Gasteiger partial charge in [0.05, 0.1) is 6.54 Å². The van der Waals surface area contributed by atoms with Crippen molar-refractivity contribution < 1.29 is 4.79 Å². The lowest BCUT2D eigenvalue weighted by Gasteiger charge is -2.18. The highest BCUT2D eigenvalue weighted by Gasteiger charge is 2.05. The van der Waals surface area contributed by atoms with E-state index in [-0.39, 0.29) is 5.91 Å². The van der Waals surface area contributed by atoms with Crippen LogP contribution in [0.2, 0.25) is 0 Å². The van der Waals surface area contributed by atoms with E-state index in [2.05, 4.69) is 10.2 Å². The largest absolute Gasteiger partial charge is 0.354 e. The average Bonchev–Trinajstić information content (AvgIpc) is 2.11. The van der Waals surface area contributed by atoms with Gasteiger partial charge in [-0.05, 0) is 21.1 Å². The van der Waals surface area contributed by atoms with E-state index in [0.29, 0.717) is 19.6 Å². The molecule has 0 fully saturated rings. The van der Waals surface area contributed by atoms with Gasteiger partial charge in [-0.1, -0.05) is 0 Å². The zero-order chi connectivity index (χ0) is 11.0. The molecule has 14 heavy (non-hydrogen) atoms. The van der Waals surface area contributed by atoms with Crippen molar-refractivity contribution in [1.82, 2.24) is 15.1 Å². The molecule has 0 heterocycles. The van der Waals surface area contributed by atoms with Gasteiger partial charge in [0.15, 0.2) is 0 Å². The Morgan fingerprint density at radius 2 is 1.93 bits per heavy atom. The Labute approximate surface area is 86.2 Å². The lowest BCUT2D eigenvalue weighted by atomic mass is 10.4. The summed E-state index contributed by atoms with van der Waals surface area (Å²) in [5.41, 5.74) is 5.27. The maximum absolute atomic E-state index is 11.2. The van der Waals surface area contributed by atoms with Crippen LogP contribution in [0.25, 0.3) is 0 Å². The lowest BCUT2D eigenvalue weighted by molar-refractivity contribution is -0.121. The van der Waals surface area contributed by atoms with Crippen molar-refractivity contribution in [3.63, 3.8) is 0 Å². The molecule has 0 aliphatic rings. The van der Waals surface area contributed by atoms with Crippen molar-refractivity contribution in [2.24, 2.45) is 5.73 Å². The zero-order valence-corrected chi connectivity index (χ0v) is 9.42. The molecule has 0 aromatic heterocycles. The highest BCUT2D eigenvalue weighted by atomic mass is 16.2. The van der Waals surface area contributed by atoms with E-state index < -0.39 is 0 Å². The van der Waals surface area contributed by atoms with E-state index in [4.69, 9.17) is 5.73 Å². The van der Waals surface area contributed by atoms with Crippen molar-refractivity contribution in [3.05, 3.63) is 0 Å². The molecule has 84 valence electrons. The van der Waals surface area contributed by atoms with Crippen molar-refractivity contribution in [2.45, 2.75) is 0 Å². The quantitative estimate of drug-likeness (QED) is 0.530. The van der Waals surface area contributed by atoms with Gasteiger partial charge in [-0.3, -0.25) is 9.69 Å². The standard InChI is InChI=1S/C9H22N4O/c1-12(2)6-7-13(3)8-9(14)11-5-4-10/h4-8,10H2,1-3H3,(H,11,14). The molecule has 0 aliphatic heterocycles. The van der Waals surface area contributed by atoms with Crippen LogP contribution in [0.1, 0.15) is 0 Å². The number of rotatable bonds is 7. The number of nitrogens with one attached hydrogen (secondary N) is 1. The SMILES string of the molecule is CN(C)CCN(C)CC(=O)NCCN. The summed E-state index contributed by atoms with van der Waals surface area (Å²) < 4.78 is 0. The number of nitrogens with zero attached hydrogens (tertiary/aromatic N) is 2. The van der Waals surface area contributed by atoms with Gasteiger partial charge < -0.3 is 16.0 Å². The summed E-state index contributed by atoms with van der Waals surface area (Å²) >= 11 is 0. The van der Waals surface area contributed by atoms with Crippen LogP contribution in [0.3, 0.4) is 0 Å². The van der Waals surface area contributed by atoms with Gasteiger partial charge in [-0.25, -0.2) is 0 Å². The molecule has 0 saturated carbocycles. The predicted octanol–water partition coefficient (Wildman–Crippen LogP) is -1.45. The number of hydrogen-bond acceptors (Lipinski definition) is 4. The molecular weight excluding hydrogens is 180 g/mol. The van der Waals surface area contributed by atoms with Crippen LogP contribution in [-0.4, -0.2) is 69.6 Å². The second-order valence-corrected chi connectivity index (χ2v) is 3.68. The molecule has 0 aromatic carbocycles. The van der Waals surface area contributed by atoms with E-state index in [0.717, 1.165) is 13.1 Å². The topological polar surface area (TPSA) is 61.6 Å². The molecule has 3 N–H and O–H groups in total. The van der Waals surface area contributed by atoms with Crippen LogP contribution in [-0.2, 0) is 4.79 Å². The molecular formula is C9H22N4O. The summed E-state index contributed by atoms with van der Waals surface area (Å²) in [6, 6.07) is 0. The highest BCUT2D eigenvalue weighted by molar-refractivity contribution is 5.77. The number of carbonyl (C=O) groups is 1. The van der Waals surface area contributed by atoms with Gasteiger partial charge in [0.1, 0.15) is 0 Å². The monoisotopic (exact) mass is 202 g/mol. The fraction of sp³-hybridized carbons (Fsp3) is 0.889. The Kier molecular flexibility index (Phi) is 7.37. The van der Waals surface area contributed by atoms with Crippen molar-refractivity contribution in [2.75, 3.05) is 53.9 Å². The second-order valence-electron chi connectivity index (χ2n) is 3.68. The third-order valence-electron chi connectivity index (χ3n) is 1.81. The summed E-state index contributed by atoms with van der Waals surface area (Å²) in [4.78, 5) is 15.3. The number of hydrogen-bond donors (Lipinski definition) is 2. The number of carbonyl (C=O) groups excluding carboxylic acids is 1. The fourth-order valence-electron chi connectivity index (χ4n) is 0.962. The highest BCUT2D eigenvalue weighted by Crippen LogP contribution is 1.83. The summed E-state index contributed by atoms with van der Waals surface area (Å²) in [6.07, 6.45) is 0. The van der Waals surface area contributed by atoms with Gasteiger partial charge in [-0.2, -0.15) is 0 Å². The first-order chi connectivity index (χ1) is 6.56. The van der Waals surface area contributed by atoms with Gasteiger partial charge in [0, 0.05) is 26.2 Å². The minimum atomic E-state index is 0.0386. The van der Waals surface area contributed by atoms with Crippen LogP contribution in [0.5, 0.6) is 0 Å². The minimum absolute atomic E-state index is 0.0386. The molecule has 0 aromatic rings. The Bertz CT molecular complexity index is 161. The third-order valence-corrected chi connectivity index (χ3v) is 1.81. The first kappa shape index (κ1) is 13.4. The van der Waals surface area contributed by atoms with E-state index in [1.807, 2.05) is 26.0 Å². The van der Waals surface area contributed by atoms with Crippen molar-refractivity contribution in [1.29, 1.82) is 0 Å². The van der Waals surface area contributed by atoms with Gasteiger partial charge in [-0.15, -0.1) is 0 Å². The Hall–Kier alpha value is -0.650. The summed E-state index contributed by atoms with van der Waals surface area (Å²) in [5, 5.41) is 2.73. The minimum Gasteiger partial charge on any atom is -0.354 e. The number of likely N-dealkylation sites (N-methyl/N-ethyl adjacent to an activating group) is 2. The molecule has 0 atom stereocenters. The smallest absolute Gasteiger partial charge is 0.234 e. The molecule has 0 spiro atoms. The van der Waals surface area contributed by atoms with Crippen LogP contribution in [0.4, 0.5) is 0 Å². The van der Waals surface area contributed by atoms with Crippen LogP contribution in [0.15, 0.2) is 0 Å². The molecule has 0 saturated heterocycles. The van der Waals surface area contributed by atoms with E-state index in [1.165, 1.54) is 0 Å². The fourth-order valence-corrected chi connectivity index (χ4v) is 0.962. The normalized spacial score (nSPS) is 11.0. The maximum atomic E-state index is 11.2. The zero-order valence-electron chi connectivity index (χ0n) is 9.42. The molecule has 0 rings (SSSR count). The van der Waals surface area contributed by atoms with Crippen molar-refractivity contribution >= 4 is 5.91 Å². The molecule has 5 heteroatoms. The molecule has 0 bridgehead atoms. The molecule has 0 unspecified atom stereocenters. The van der Waals surface area contributed by atoms with Crippen molar-refractivity contribution in [3.8, 4) is 0 Å². The first-order valence-corrected chi connectivity index (χ1v) is 4.86. The maximum Gasteiger partial charge on any atom is 0.234 e. The number of amides is 1. The van der Waals surface area contributed by atoms with Crippen LogP contribution in [0, 0.1) is 0 Å². The van der Waals surface area contributed by atoms with E-state index in [1.54, 1.807) is 0 Å². The van der Waals surface area contributed by atoms with Crippen LogP contribution >= 0.6 is 0 Å². The average molecular weight is 202 g/mol. The van der Waals surface area contributed by atoms with Gasteiger partial charge in [0.2, 0.25) is 5.91 Å². The summed E-state index contributed by atoms with van der Waals surface area (Å²) in [7, 11) is 5.97. The van der Waals surface area contributed by atoms with Gasteiger partial charge >= 0.3 is 0 Å². The van der Waals surface area contributed by atoms with E-state index in [9.17, 15) is 4.79 Å². The molecule has 1 amide bonds. The Balaban J connectivity index is 3.50. The summed E-state index contributed by atoms with van der Waals surface area (Å²) in [5.74, 6) is 0.0386. The third kappa shape index (κ3) is 7.97. The van der Waals surface area contributed by atoms with E-state index >= 15 is 0 Å². The van der Waals surface area contributed by atoms with Gasteiger partial charge in [0.25, 0.3) is 0 Å². The lowest BCUT2D eigenvalue weighted by Crippen LogP contribution is -2.39. The molecule has 5 nitrogen and oxygen atoms in total. The molecule has 0 radical (unpaired) electrons. The number of nitrogens with two attached hydrogens (primary N) is 1. The van der Waals surface area contributed by atoms with Crippen LogP contribution < -0.4 is 11.1 Å². The predicted molar refractivity (Wildman–Crippen MR) is 58.1 cm³/mol. The molecule has 0 aliphatic carbocycles. The first-order valence-electron chi connectivity index (χ1n) is 4.86.